The summed E-state index contributed by atoms with van der Waals surface area (Å²) < 4.78 is 14.6. The maximum atomic E-state index is 12.0. The van der Waals surface area contributed by atoms with Crippen LogP contribution in [0.25, 0.3) is 0 Å². The largest absolute Gasteiger partial charge is 0.463 e. The standard InChI is InChI=1S/C13H9Cl3N2O5/c1-21-12(19)6-3-2-5(23-6)4-22-13(20)10-7(14)9(17)8(15)11(16)18-10/h2-3H,4H2,1H3,(H2,17,18). The van der Waals surface area contributed by atoms with Crippen molar-refractivity contribution in [1.82, 2.24) is 4.98 Å². The van der Waals surface area contributed by atoms with Crippen molar-refractivity contribution in [1.29, 1.82) is 0 Å². The van der Waals surface area contributed by atoms with Crippen molar-refractivity contribution < 1.29 is 23.5 Å². The summed E-state index contributed by atoms with van der Waals surface area (Å²) in [6.45, 7) is -0.256. The third-order valence-corrected chi connectivity index (χ3v) is 3.79. The summed E-state index contributed by atoms with van der Waals surface area (Å²) in [4.78, 5) is 27.0. The Kier molecular flexibility index (Phi) is 5.35. The molecule has 0 atom stereocenters. The van der Waals surface area contributed by atoms with Crippen molar-refractivity contribution in [2.45, 2.75) is 6.61 Å². The van der Waals surface area contributed by atoms with E-state index >= 15 is 0 Å². The second-order valence-electron chi connectivity index (χ2n) is 4.13. The molecule has 2 aromatic rings. The van der Waals surface area contributed by atoms with E-state index in [1.807, 2.05) is 0 Å². The van der Waals surface area contributed by atoms with E-state index in [2.05, 4.69) is 9.72 Å². The lowest BCUT2D eigenvalue weighted by atomic mass is 10.3. The number of halogens is 3. The number of hydrogen-bond acceptors (Lipinski definition) is 7. The Morgan fingerprint density at radius 1 is 1.22 bits per heavy atom. The lowest BCUT2D eigenvalue weighted by Crippen LogP contribution is -2.10. The van der Waals surface area contributed by atoms with Crippen LogP contribution in [0.15, 0.2) is 16.5 Å². The fourth-order valence-electron chi connectivity index (χ4n) is 1.54. The molecule has 10 heteroatoms. The second-order valence-corrected chi connectivity index (χ2v) is 5.24. The van der Waals surface area contributed by atoms with Crippen LogP contribution in [0.5, 0.6) is 0 Å². The molecule has 7 nitrogen and oxygen atoms in total. The van der Waals surface area contributed by atoms with E-state index < -0.39 is 11.9 Å². The van der Waals surface area contributed by atoms with E-state index in [-0.39, 0.29) is 44.7 Å². The number of pyridine rings is 1. The maximum Gasteiger partial charge on any atom is 0.373 e. The van der Waals surface area contributed by atoms with Crippen molar-refractivity contribution in [2.24, 2.45) is 0 Å². The summed E-state index contributed by atoms with van der Waals surface area (Å²) >= 11 is 17.4. The lowest BCUT2D eigenvalue weighted by Gasteiger charge is -2.08. The van der Waals surface area contributed by atoms with Gasteiger partial charge in [0, 0.05) is 0 Å². The summed E-state index contributed by atoms with van der Waals surface area (Å²) in [6.07, 6.45) is 0. The molecule has 0 aliphatic carbocycles. The number of nitrogens with two attached hydrogens (primary N) is 1. The molecule has 0 amide bonds. The van der Waals surface area contributed by atoms with Gasteiger partial charge >= 0.3 is 11.9 Å². The monoisotopic (exact) mass is 378 g/mol. The number of hydrogen-bond donors (Lipinski definition) is 1. The Bertz CT molecular complexity index is 775. The van der Waals surface area contributed by atoms with E-state index in [4.69, 9.17) is 49.7 Å². The predicted molar refractivity (Wildman–Crippen MR) is 82.8 cm³/mol. The van der Waals surface area contributed by atoms with Crippen molar-refractivity contribution in [2.75, 3.05) is 12.8 Å². The quantitative estimate of drug-likeness (QED) is 0.641. The van der Waals surface area contributed by atoms with Crippen LogP contribution in [0.3, 0.4) is 0 Å². The fourth-order valence-corrected chi connectivity index (χ4v) is 2.12. The zero-order valence-electron chi connectivity index (χ0n) is 11.6. The molecule has 0 aliphatic rings. The second kappa shape index (κ2) is 7.08. The highest BCUT2D eigenvalue weighted by Crippen LogP contribution is 2.34. The van der Waals surface area contributed by atoms with Gasteiger partial charge in [0.05, 0.1) is 17.8 Å². The van der Waals surface area contributed by atoms with Crippen LogP contribution in [0.1, 0.15) is 26.8 Å². The highest BCUT2D eigenvalue weighted by atomic mass is 35.5. The minimum atomic E-state index is -0.878. The molecular weight excluding hydrogens is 371 g/mol. The van der Waals surface area contributed by atoms with Gasteiger partial charge in [-0.2, -0.15) is 0 Å². The van der Waals surface area contributed by atoms with E-state index in [0.717, 1.165) is 0 Å². The summed E-state index contributed by atoms with van der Waals surface area (Å²) in [5, 5.41) is -0.396. The van der Waals surface area contributed by atoms with Crippen molar-refractivity contribution in [3.8, 4) is 0 Å². The van der Waals surface area contributed by atoms with Crippen molar-refractivity contribution in [3.63, 3.8) is 0 Å². The minimum absolute atomic E-state index is 0.0199. The first-order valence-electron chi connectivity index (χ1n) is 5.99. The molecule has 122 valence electrons. The number of anilines is 1. The molecule has 0 aliphatic heterocycles. The van der Waals surface area contributed by atoms with Gasteiger partial charge in [-0.1, -0.05) is 34.8 Å². The molecule has 2 N–H and O–H groups in total. The van der Waals surface area contributed by atoms with Crippen molar-refractivity contribution >= 4 is 52.4 Å². The first-order chi connectivity index (χ1) is 10.8. The van der Waals surface area contributed by atoms with Gasteiger partial charge in [0.1, 0.15) is 17.4 Å². The van der Waals surface area contributed by atoms with Gasteiger partial charge in [0.2, 0.25) is 5.76 Å². The van der Waals surface area contributed by atoms with Gasteiger partial charge < -0.3 is 19.6 Å². The van der Waals surface area contributed by atoms with E-state index in [1.165, 1.54) is 19.2 Å². The van der Waals surface area contributed by atoms with Crippen LogP contribution in [-0.4, -0.2) is 24.0 Å². The molecule has 0 spiro atoms. The van der Waals surface area contributed by atoms with Crippen LogP contribution in [0, 0.1) is 0 Å². The molecule has 0 unspecified atom stereocenters. The Morgan fingerprint density at radius 3 is 2.57 bits per heavy atom. The number of nitrogen functional groups attached to an aromatic ring is 1. The molecule has 2 aromatic heterocycles. The summed E-state index contributed by atoms with van der Waals surface area (Å²) in [6, 6.07) is 2.84. The third-order valence-electron chi connectivity index (χ3n) is 2.66. The molecule has 2 rings (SSSR count). The van der Waals surface area contributed by atoms with Crippen molar-refractivity contribution in [3.05, 3.63) is 44.5 Å². The van der Waals surface area contributed by atoms with Gasteiger partial charge in [-0.3, -0.25) is 0 Å². The molecule has 0 fully saturated rings. The molecule has 0 aromatic carbocycles. The first-order valence-corrected chi connectivity index (χ1v) is 7.12. The fraction of sp³-hybridized carbons (Fsp3) is 0.154. The number of aromatic nitrogens is 1. The average Bonchev–Trinajstić information content (AvgIpc) is 3.02. The van der Waals surface area contributed by atoms with E-state index in [9.17, 15) is 9.59 Å². The third kappa shape index (κ3) is 3.69. The topological polar surface area (TPSA) is 105 Å². The normalized spacial score (nSPS) is 10.4. The first kappa shape index (κ1) is 17.4. The number of carbonyl (C=O) groups is 2. The highest BCUT2D eigenvalue weighted by Gasteiger charge is 2.21. The number of carbonyl (C=O) groups excluding carboxylic acids is 2. The number of esters is 2. The summed E-state index contributed by atoms with van der Waals surface area (Å²) in [5.74, 6) is -1.32. The minimum Gasteiger partial charge on any atom is -0.463 e. The van der Waals surface area contributed by atoms with Gasteiger partial charge in [0.15, 0.2) is 10.8 Å². The number of furan rings is 1. The Balaban J connectivity index is 2.11. The Labute approximate surface area is 145 Å². The van der Waals surface area contributed by atoms with E-state index in [1.54, 1.807) is 0 Å². The molecule has 0 bridgehead atoms. The maximum absolute atomic E-state index is 12.0. The van der Waals surface area contributed by atoms with Gasteiger partial charge in [-0.05, 0) is 12.1 Å². The summed E-state index contributed by atoms with van der Waals surface area (Å²) in [5.41, 5.74) is 5.26. The summed E-state index contributed by atoms with van der Waals surface area (Å²) in [7, 11) is 1.22. The smallest absolute Gasteiger partial charge is 0.373 e. The molecule has 2 heterocycles. The number of ether oxygens (including phenoxy) is 2. The van der Waals surface area contributed by atoms with Gasteiger partial charge in [-0.25, -0.2) is 14.6 Å². The molecule has 0 radical (unpaired) electrons. The van der Waals surface area contributed by atoms with Gasteiger partial charge in [0.25, 0.3) is 0 Å². The zero-order chi connectivity index (χ0) is 17.1. The number of methoxy groups -OCH3 is 1. The van der Waals surface area contributed by atoms with Crippen LogP contribution in [0.2, 0.25) is 15.2 Å². The average molecular weight is 380 g/mol. The van der Waals surface area contributed by atoms with E-state index in [0.29, 0.717) is 0 Å². The van der Waals surface area contributed by atoms with Crippen LogP contribution in [0.4, 0.5) is 5.69 Å². The number of nitrogens with zero attached hydrogens (tertiary/aromatic N) is 1. The highest BCUT2D eigenvalue weighted by molar-refractivity contribution is 6.46. The van der Waals surface area contributed by atoms with Crippen LogP contribution >= 0.6 is 34.8 Å². The Morgan fingerprint density at radius 2 is 1.91 bits per heavy atom. The molecule has 0 saturated carbocycles. The van der Waals surface area contributed by atoms with Crippen LogP contribution < -0.4 is 5.73 Å². The Hall–Kier alpha value is -1.96. The van der Waals surface area contributed by atoms with Crippen LogP contribution in [-0.2, 0) is 16.1 Å². The number of rotatable bonds is 4. The molecule has 0 saturated heterocycles. The predicted octanol–water partition coefficient (Wildman–Crippen LogP) is 3.36. The van der Waals surface area contributed by atoms with Gasteiger partial charge in [-0.15, -0.1) is 0 Å². The SMILES string of the molecule is COC(=O)c1ccc(COC(=O)c2nc(Cl)c(Cl)c(N)c2Cl)o1. The lowest BCUT2D eigenvalue weighted by molar-refractivity contribution is 0.0432. The zero-order valence-corrected chi connectivity index (χ0v) is 13.8. The molecule has 23 heavy (non-hydrogen) atoms. The molecular formula is C13H9Cl3N2O5.